The van der Waals surface area contributed by atoms with Crippen LogP contribution in [0.15, 0.2) is 18.3 Å². The van der Waals surface area contributed by atoms with E-state index in [-0.39, 0.29) is 0 Å². The summed E-state index contributed by atoms with van der Waals surface area (Å²) in [7, 11) is 0. The first-order valence-corrected chi connectivity index (χ1v) is 5.60. The Balaban J connectivity index is 2.05. The van der Waals surface area contributed by atoms with Crippen LogP contribution < -0.4 is 4.90 Å². The van der Waals surface area contributed by atoms with Gasteiger partial charge in [-0.25, -0.2) is 4.98 Å². The molecular formula is C12H18N2. The van der Waals surface area contributed by atoms with E-state index in [4.69, 9.17) is 0 Å². The Labute approximate surface area is 86.0 Å². The molecule has 76 valence electrons. The van der Waals surface area contributed by atoms with Crippen LogP contribution in [0, 0.1) is 0 Å². The zero-order valence-corrected chi connectivity index (χ0v) is 8.87. The third-order valence-electron chi connectivity index (χ3n) is 2.78. The van der Waals surface area contributed by atoms with E-state index >= 15 is 0 Å². The molecule has 0 aliphatic carbocycles. The van der Waals surface area contributed by atoms with Gasteiger partial charge in [-0.15, -0.1) is 0 Å². The molecule has 0 amide bonds. The summed E-state index contributed by atoms with van der Waals surface area (Å²) in [5, 5.41) is 0. The van der Waals surface area contributed by atoms with Gasteiger partial charge < -0.3 is 4.90 Å². The van der Waals surface area contributed by atoms with E-state index in [9.17, 15) is 0 Å². The van der Waals surface area contributed by atoms with Gasteiger partial charge in [0.1, 0.15) is 5.82 Å². The van der Waals surface area contributed by atoms with E-state index < -0.39 is 0 Å². The van der Waals surface area contributed by atoms with E-state index in [1.807, 2.05) is 6.20 Å². The van der Waals surface area contributed by atoms with Crippen molar-refractivity contribution in [3.8, 4) is 0 Å². The summed E-state index contributed by atoms with van der Waals surface area (Å²) in [5.41, 5.74) is 1.36. The number of nitrogens with zero attached hydrogens (tertiary/aromatic N) is 2. The maximum atomic E-state index is 4.51. The molecule has 0 unspecified atom stereocenters. The van der Waals surface area contributed by atoms with Crippen LogP contribution >= 0.6 is 0 Å². The van der Waals surface area contributed by atoms with Gasteiger partial charge in [0.15, 0.2) is 0 Å². The lowest BCUT2D eigenvalue weighted by molar-refractivity contribution is 0.898. The number of hydrogen-bond acceptors (Lipinski definition) is 2. The van der Waals surface area contributed by atoms with Crippen LogP contribution in [0.5, 0.6) is 0 Å². The highest BCUT2D eigenvalue weighted by atomic mass is 15.2. The highest BCUT2D eigenvalue weighted by molar-refractivity contribution is 5.40. The predicted molar refractivity (Wildman–Crippen MR) is 59.7 cm³/mol. The molecular weight excluding hydrogens is 172 g/mol. The fourth-order valence-electron chi connectivity index (χ4n) is 1.99. The molecule has 0 aromatic carbocycles. The van der Waals surface area contributed by atoms with Gasteiger partial charge in [0.25, 0.3) is 0 Å². The Hall–Kier alpha value is -1.05. The largest absolute Gasteiger partial charge is 0.357 e. The van der Waals surface area contributed by atoms with Crippen molar-refractivity contribution in [3.63, 3.8) is 0 Å². The summed E-state index contributed by atoms with van der Waals surface area (Å²) < 4.78 is 0. The molecule has 0 N–H and O–H groups in total. The summed E-state index contributed by atoms with van der Waals surface area (Å²) in [6.07, 6.45) is 7.01. The lowest BCUT2D eigenvalue weighted by atomic mass is 10.2. The monoisotopic (exact) mass is 190 g/mol. The number of pyridine rings is 1. The Morgan fingerprint density at radius 2 is 2.07 bits per heavy atom. The van der Waals surface area contributed by atoms with Crippen LogP contribution in [0.4, 0.5) is 5.82 Å². The van der Waals surface area contributed by atoms with Crippen molar-refractivity contribution < 1.29 is 0 Å². The maximum Gasteiger partial charge on any atom is 0.128 e. The number of hydrogen-bond donors (Lipinski definition) is 0. The van der Waals surface area contributed by atoms with Crippen LogP contribution in [0.25, 0.3) is 0 Å². The molecule has 1 saturated heterocycles. The molecule has 2 heterocycles. The van der Waals surface area contributed by atoms with Crippen LogP contribution in [-0.4, -0.2) is 18.1 Å². The molecule has 1 aromatic heterocycles. The summed E-state index contributed by atoms with van der Waals surface area (Å²) in [6.45, 7) is 4.56. The van der Waals surface area contributed by atoms with Crippen molar-refractivity contribution in [1.82, 2.24) is 4.98 Å². The first-order chi connectivity index (χ1) is 6.90. The first kappa shape index (κ1) is 9.50. The van der Waals surface area contributed by atoms with E-state index in [2.05, 4.69) is 28.9 Å². The molecule has 2 heteroatoms. The van der Waals surface area contributed by atoms with E-state index in [0.29, 0.717) is 0 Å². The first-order valence-electron chi connectivity index (χ1n) is 5.60. The molecule has 1 fully saturated rings. The van der Waals surface area contributed by atoms with Crippen molar-refractivity contribution in [2.75, 3.05) is 18.0 Å². The third-order valence-corrected chi connectivity index (χ3v) is 2.78. The Morgan fingerprint density at radius 3 is 2.64 bits per heavy atom. The summed E-state index contributed by atoms with van der Waals surface area (Å²) in [4.78, 5) is 6.88. The molecule has 2 nitrogen and oxygen atoms in total. The fraction of sp³-hybridized carbons (Fsp3) is 0.583. The predicted octanol–water partition coefficient (Wildman–Crippen LogP) is 2.63. The van der Waals surface area contributed by atoms with E-state index in [1.54, 1.807) is 0 Å². The van der Waals surface area contributed by atoms with Crippen LogP contribution in [-0.2, 0) is 6.42 Å². The second kappa shape index (κ2) is 4.45. The zero-order valence-electron chi connectivity index (χ0n) is 8.87. The van der Waals surface area contributed by atoms with Crippen LogP contribution in [0.1, 0.15) is 31.7 Å². The number of aromatic nitrogens is 1. The van der Waals surface area contributed by atoms with Gasteiger partial charge in [-0.1, -0.05) is 19.4 Å². The Bertz CT molecular complexity index is 273. The van der Waals surface area contributed by atoms with Crippen LogP contribution in [0.3, 0.4) is 0 Å². The molecule has 14 heavy (non-hydrogen) atoms. The maximum absolute atomic E-state index is 4.51. The number of rotatable bonds is 3. The van der Waals surface area contributed by atoms with Crippen molar-refractivity contribution in [3.05, 3.63) is 23.9 Å². The minimum absolute atomic E-state index is 1.15. The second-order valence-electron chi connectivity index (χ2n) is 3.97. The van der Waals surface area contributed by atoms with Gasteiger partial charge in [-0.2, -0.15) is 0 Å². The molecule has 1 aliphatic heterocycles. The lowest BCUT2D eigenvalue weighted by Gasteiger charge is -2.16. The van der Waals surface area contributed by atoms with Crippen molar-refractivity contribution >= 4 is 5.82 Å². The molecule has 2 rings (SSSR count). The number of aryl methyl sites for hydroxylation is 1. The van der Waals surface area contributed by atoms with Gasteiger partial charge >= 0.3 is 0 Å². The molecule has 0 saturated carbocycles. The Kier molecular flexibility index (Phi) is 3.02. The molecule has 1 aliphatic rings. The van der Waals surface area contributed by atoms with Gasteiger partial charge in [0.05, 0.1) is 0 Å². The summed E-state index contributed by atoms with van der Waals surface area (Å²) in [5.74, 6) is 1.15. The molecule has 0 spiro atoms. The van der Waals surface area contributed by atoms with Crippen molar-refractivity contribution in [1.29, 1.82) is 0 Å². The van der Waals surface area contributed by atoms with E-state index in [1.165, 1.54) is 37.9 Å². The SMILES string of the molecule is CCCc1ccc(N2CCCC2)nc1. The summed E-state index contributed by atoms with van der Waals surface area (Å²) in [6, 6.07) is 4.38. The highest BCUT2D eigenvalue weighted by Crippen LogP contribution is 2.17. The van der Waals surface area contributed by atoms with Gasteiger partial charge in [0.2, 0.25) is 0 Å². The van der Waals surface area contributed by atoms with Gasteiger partial charge in [-0.05, 0) is 30.9 Å². The summed E-state index contributed by atoms with van der Waals surface area (Å²) >= 11 is 0. The van der Waals surface area contributed by atoms with E-state index in [0.717, 1.165) is 12.2 Å². The number of anilines is 1. The quantitative estimate of drug-likeness (QED) is 0.728. The minimum Gasteiger partial charge on any atom is -0.357 e. The third kappa shape index (κ3) is 2.06. The average Bonchev–Trinajstić information content (AvgIpc) is 2.72. The topological polar surface area (TPSA) is 16.1 Å². The normalized spacial score (nSPS) is 16.2. The van der Waals surface area contributed by atoms with Gasteiger partial charge in [0, 0.05) is 19.3 Å². The van der Waals surface area contributed by atoms with Gasteiger partial charge in [-0.3, -0.25) is 0 Å². The minimum atomic E-state index is 1.15. The standard InChI is InChI=1S/C12H18N2/c1-2-5-11-6-7-12(13-10-11)14-8-3-4-9-14/h6-7,10H,2-5,8-9H2,1H3. The lowest BCUT2D eigenvalue weighted by Crippen LogP contribution is -2.18. The highest BCUT2D eigenvalue weighted by Gasteiger charge is 2.12. The molecule has 0 bridgehead atoms. The average molecular weight is 190 g/mol. The Morgan fingerprint density at radius 1 is 1.29 bits per heavy atom. The zero-order chi connectivity index (χ0) is 9.80. The van der Waals surface area contributed by atoms with Crippen molar-refractivity contribution in [2.24, 2.45) is 0 Å². The van der Waals surface area contributed by atoms with Crippen molar-refractivity contribution in [2.45, 2.75) is 32.6 Å². The molecule has 0 radical (unpaired) electrons. The molecule has 1 aromatic rings. The molecule has 0 atom stereocenters. The smallest absolute Gasteiger partial charge is 0.128 e. The second-order valence-corrected chi connectivity index (χ2v) is 3.97. The van der Waals surface area contributed by atoms with Crippen LogP contribution in [0.2, 0.25) is 0 Å². The fourth-order valence-corrected chi connectivity index (χ4v) is 1.99.